The van der Waals surface area contributed by atoms with Crippen LogP contribution in [0.3, 0.4) is 0 Å². The van der Waals surface area contributed by atoms with Gasteiger partial charge in [0.25, 0.3) is 0 Å². The maximum Gasteiger partial charge on any atom is 0.134 e. The Balaban J connectivity index is 1.38. The summed E-state index contributed by atoms with van der Waals surface area (Å²) in [5.41, 5.74) is 10.6. The lowest BCUT2D eigenvalue weighted by Crippen LogP contribution is -2.32. The molecule has 1 aliphatic heterocycles. The van der Waals surface area contributed by atoms with Crippen LogP contribution in [0.4, 0.5) is 0 Å². The zero-order valence-electron chi connectivity index (χ0n) is 23.3. The molecule has 0 N–H and O–H groups in total. The van der Waals surface area contributed by atoms with E-state index in [0.29, 0.717) is 0 Å². The summed E-state index contributed by atoms with van der Waals surface area (Å²) in [6.45, 7) is 0. The molecule has 0 amide bonds. The molecular formula is C41H25NO. The molecule has 0 saturated carbocycles. The predicted octanol–water partition coefficient (Wildman–Crippen LogP) is 10.4. The van der Waals surface area contributed by atoms with E-state index in [2.05, 4.69) is 156 Å². The normalized spacial score (nSPS) is 14.0. The van der Waals surface area contributed by atoms with E-state index in [1.807, 2.05) is 0 Å². The van der Waals surface area contributed by atoms with E-state index in [1.165, 1.54) is 66.1 Å². The molecule has 1 aromatic heterocycles. The number of hydrogen-bond acceptors (Lipinski definition) is 1. The summed E-state index contributed by atoms with van der Waals surface area (Å²) in [5.74, 6) is 1.82. The molecule has 8 aromatic rings. The third-order valence-corrected chi connectivity index (χ3v) is 9.65. The van der Waals surface area contributed by atoms with E-state index in [9.17, 15) is 0 Å². The molecule has 0 atom stereocenters. The third kappa shape index (κ3) is 2.83. The van der Waals surface area contributed by atoms with Gasteiger partial charge in [0.1, 0.15) is 11.5 Å². The number of nitrogens with zero attached hydrogens (tertiary/aromatic N) is 1. The summed E-state index contributed by atoms with van der Waals surface area (Å²) in [7, 11) is 0. The highest BCUT2D eigenvalue weighted by Crippen LogP contribution is 2.62. The maximum absolute atomic E-state index is 6.86. The lowest BCUT2D eigenvalue weighted by molar-refractivity contribution is 0.437. The Morgan fingerprint density at radius 3 is 1.86 bits per heavy atom. The first-order valence-electron chi connectivity index (χ1n) is 14.9. The molecular weight excluding hydrogens is 522 g/mol. The Labute approximate surface area is 249 Å². The van der Waals surface area contributed by atoms with E-state index in [4.69, 9.17) is 4.74 Å². The second-order valence-corrected chi connectivity index (χ2v) is 11.7. The van der Waals surface area contributed by atoms with Crippen molar-refractivity contribution in [3.8, 4) is 28.3 Å². The molecule has 0 radical (unpaired) electrons. The summed E-state index contributed by atoms with van der Waals surface area (Å²) in [6.07, 6.45) is 0. The van der Waals surface area contributed by atoms with E-state index in [1.54, 1.807) is 0 Å². The van der Waals surface area contributed by atoms with Crippen LogP contribution >= 0.6 is 0 Å². The Kier molecular flexibility index (Phi) is 4.41. The standard InChI is InChI=1S/C41H25NO/c1-2-14-27-26(12-1)13-11-22-36(27)42-37-21-9-5-17-30(37)31-24-35-40(25-38(31)42)43-39-23-10-8-20-34(39)41(35)32-18-6-3-15-28(32)29-16-4-7-19-33(29)41/h1-25H. The molecule has 2 heterocycles. The number of aromatic nitrogens is 1. The van der Waals surface area contributed by atoms with Crippen LogP contribution in [-0.4, -0.2) is 4.57 Å². The van der Waals surface area contributed by atoms with E-state index < -0.39 is 5.41 Å². The van der Waals surface area contributed by atoms with Crippen molar-refractivity contribution in [2.24, 2.45) is 0 Å². The fourth-order valence-corrected chi connectivity index (χ4v) is 7.98. The fourth-order valence-electron chi connectivity index (χ4n) is 7.98. The molecule has 0 saturated heterocycles. The van der Waals surface area contributed by atoms with Crippen LogP contribution in [0.2, 0.25) is 0 Å². The predicted molar refractivity (Wildman–Crippen MR) is 176 cm³/mol. The van der Waals surface area contributed by atoms with Crippen LogP contribution < -0.4 is 4.74 Å². The van der Waals surface area contributed by atoms with Crippen molar-refractivity contribution in [3.05, 3.63) is 174 Å². The minimum atomic E-state index is -0.478. The average molecular weight is 548 g/mol. The fraction of sp³-hybridized carbons (Fsp3) is 0.0244. The number of ether oxygens (including phenoxy) is 1. The summed E-state index contributed by atoms with van der Waals surface area (Å²) < 4.78 is 9.28. The quantitative estimate of drug-likeness (QED) is 0.199. The minimum Gasteiger partial charge on any atom is -0.457 e. The third-order valence-electron chi connectivity index (χ3n) is 9.65. The monoisotopic (exact) mass is 547 g/mol. The Morgan fingerprint density at radius 2 is 1.05 bits per heavy atom. The van der Waals surface area contributed by atoms with E-state index >= 15 is 0 Å². The molecule has 1 spiro atoms. The van der Waals surface area contributed by atoms with Gasteiger partial charge in [-0.2, -0.15) is 0 Å². The molecule has 43 heavy (non-hydrogen) atoms. The average Bonchev–Trinajstić information content (AvgIpc) is 3.54. The summed E-state index contributed by atoms with van der Waals surface area (Å²) >= 11 is 0. The number of hydrogen-bond donors (Lipinski definition) is 0. The van der Waals surface area contributed by atoms with Gasteiger partial charge in [0.15, 0.2) is 0 Å². The number of fused-ring (bicyclic) bond motifs is 13. The smallest absolute Gasteiger partial charge is 0.134 e. The number of benzene rings is 7. The molecule has 2 heteroatoms. The van der Waals surface area contributed by atoms with Crippen molar-refractivity contribution in [2.75, 3.05) is 0 Å². The Bertz CT molecular complexity index is 2400. The largest absolute Gasteiger partial charge is 0.457 e. The Morgan fingerprint density at radius 1 is 0.419 bits per heavy atom. The zero-order valence-corrected chi connectivity index (χ0v) is 23.3. The lowest BCUT2D eigenvalue weighted by Gasteiger charge is -2.39. The van der Waals surface area contributed by atoms with Crippen molar-refractivity contribution >= 4 is 32.6 Å². The summed E-state index contributed by atoms with van der Waals surface area (Å²) in [4.78, 5) is 0. The van der Waals surface area contributed by atoms with Gasteiger partial charge in [-0.3, -0.25) is 0 Å². The number of para-hydroxylation sites is 2. The molecule has 0 fully saturated rings. The molecule has 10 rings (SSSR count). The van der Waals surface area contributed by atoms with Crippen LogP contribution in [0.15, 0.2) is 152 Å². The van der Waals surface area contributed by atoms with Crippen LogP contribution in [-0.2, 0) is 5.41 Å². The second kappa shape index (κ2) is 8.24. The lowest BCUT2D eigenvalue weighted by atomic mass is 9.66. The highest BCUT2D eigenvalue weighted by Gasteiger charge is 2.51. The second-order valence-electron chi connectivity index (χ2n) is 11.7. The van der Waals surface area contributed by atoms with Crippen molar-refractivity contribution in [1.29, 1.82) is 0 Å². The van der Waals surface area contributed by atoms with Gasteiger partial charge in [-0.15, -0.1) is 0 Å². The maximum atomic E-state index is 6.86. The van der Waals surface area contributed by atoms with Crippen LogP contribution in [0.25, 0.3) is 49.4 Å². The zero-order chi connectivity index (χ0) is 28.1. The molecule has 1 aliphatic carbocycles. The molecule has 0 bridgehead atoms. The molecule has 7 aromatic carbocycles. The van der Waals surface area contributed by atoms with Crippen LogP contribution in [0.1, 0.15) is 22.3 Å². The van der Waals surface area contributed by atoms with Gasteiger partial charge in [0, 0.05) is 33.4 Å². The van der Waals surface area contributed by atoms with Crippen LogP contribution in [0.5, 0.6) is 11.5 Å². The first kappa shape index (κ1) is 23.0. The van der Waals surface area contributed by atoms with Crippen molar-refractivity contribution in [3.63, 3.8) is 0 Å². The van der Waals surface area contributed by atoms with Gasteiger partial charge < -0.3 is 9.30 Å². The van der Waals surface area contributed by atoms with Gasteiger partial charge in [-0.1, -0.05) is 121 Å². The van der Waals surface area contributed by atoms with Gasteiger partial charge >= 0.3 is 0 Å². The van der Waals surface area contributed by atoms with E-state index in [-0.39, 0.29) is 0 Å². The highest BCUT2D eigenvalue weighted by molar-refractivity contribution is 6.12. The van der Waals surface area contributed by atoms with Gasteiger partial charge in [0.05, 0.1) is 22.1 Å². The highest BCUT2D eigenvalue weighted by atomic mass is 16.5. The van der Waals surface area contributed by atoms with E-state index in [0.717, 1.165) is 17.0 Å². The van der Waals surface area contributed by atoms with Crippen molar-refractivity contribution in [1.82, 2.24) is 4.57 Å². The SMILES string of the molecule is c1ccc2c(c1)Oc1cc3c(cc1C21c2ccccc2-c2ccccc21)c1ccccc1n3-c1cccc2ccccc12. The first-order chi connectivity index (χ1) is 21.3. The first-order valence-corrected chi connectivity index (χ1v) is 14.9. The Hall–Kier alpha value is -5.60. The number of rotatable bonds is 1. The van der Waals surface area contributed by atoms with Gasteiger partial charge in [-0.05, 0) is 51.9 Å². The van der Waals surface area contributed by atoms with Gasteiger partial charge in [-0.25, -0.2) is 0 Å². The van der Waals surface area contributed by atoms with Gasteiger partial charge in [0.2, 0.25) is 0 Å². The summed E-state index contributed by atoms with van der Waals surface area (Å²) in [6, 6.07) is 55.1. The molecule has 0 unspecified atom stereocenters. The molecule has 2 aliphatic rings. The van der Waals surface area contributed by atoms with Crippen molar-refractivity contribution in [2.45, 2.75) is 5.41 Å². The molecule has 200 valence electrons. The molecule has 2 nitrogen and oxygen atoms in total. The van der Waals surface area contributed by atoms with Crippen molar-refractivity contribution < 1.29 is 4.74 Å². The summed E-state index contributed by atoms with van der Waals surface area (Å²) in [5, 5.41) is 4.92. The van der Waals surface area contributed by atoms with Crippen LogP contribution in [0, 0.1) is 0 Å². The topological polar surface area (TPSA) is 14.2 Å². The minimum absolute atomic E-state index is 0.478.